The van der Waals surface area contributed by atoms with E-state index in [4.69, 9.17) is 0 Å². The Morgan fingerprint density at radius 3 is 2.69 bits per heavy atom. The van der Waals surface area contributed by atoms with Gasteiger partial charge < -0.3 is 10.4 Å². The molecule has 0 unspecified atom stereocenters. The summed E-state index contributed by atoms with van der Waals surface area (Å²) < 4.78 is 0. The van der Waals surface area contributed by atoms with Gasteiger partial charge >= 0.3 is 0 Å². The molecule has 0 aliphatic carbocycles. The minimum Gasteiger partial charge on any atom is -0.385 e. The van der Waals surface area contributed by atoms with Gasteiger partial charge in [-0.05, 0) is 37.6 Å². The van der Waals surface area contributed by atoms with E-state index in [0.29, 0.717) is 0 Å². The lowest BCUT2D eigenvalue weighted by molar-refractivity contribution is 0.00570. The summed E-state index contributed by atoms with van der Waals surface area (Å²) in [6.07, 6.45) is 1.57. The zero-order valence-corrected chi connectivity index (χ0v) is 7.59. The maximum absolute atomic E-state index is 10.3. The average Bonchev–Trinajstić information content (AvgIpc) is 2.20. The lowest BCUT2D eigenvalue weighted by atomic mass is 9.85. The van der Waals surface area contributed by atoms with Crippen molar-refractivity contribution in [2.45, 2.75) is 18.4 Å². The zero-order chi connectivity index (χ0) is 9.15. The van der Waals surface area contributed by atoms with Crippen LogP contribution in [0.1, 0.15) is 18.4 Å². The molecule has 0 amide bonds. The number of piperidine rings is 1. The molecule has 0 saturated carbocycles. The molecule has 0 atom stereocenters. The maximum atomic E-state index is 10.3. The van der Waals surface area contributed by atoms with Crippen molar-refractivity contribution >= 4 is 0 Å². The topological polar surface area (TPSA) is 32.3 Å². The quantitative estimate of drug-likeness (QED) is 0.670. The lowest BCUT2D eigenvalue weighted by Gasteiger charge is -2.32. The number of nitrogens with one attached hydrogen (secondary N) is 1. The largest absolute Gasteiger partial charge is 0.385 e. The first kappa shape index (κ1) is 8.73. The van der Waals surface area contributed by atoms with Crippen LogP contribution in [0.3, 0.4) is 0 Å². The van der Waals surface area contributed by atoms with Crippen LogP contribution in [0.2, 0.25) is 0 Å². The van der Waals surface area contributed by atoms with E-state index >= 15 is 0 Å². The lowest BCUT2D eigenvalue weighted by Crippen LogP contribution is -2.39. The Kier molecular flexibility index (Phi) is 2.34. The van der Waals surface area contributed by atoms with Crippen LogP contribution < -0.4 is 5.32 Å². The highest BCUT2D eigenvalue weighted by Crippen LogP contribution is 2.29. The molecule has 1 aliphatic heterocycles. The molecule has 0 bridgehead atoms. The average molecular weight is 176 g/mol. The summed E-state index contributed by atoms with van der Waals surface area (Å²) in [5, 5.41) is 13.5. The summed E-state index contributed by atoms with van der Waals surface area (Å²) in [5.41, 5.74) is 0.281. The van der Waals surface area contributed by atoms with E-state index in [2.05, 4.69) is 11.4 Å². The summed E-state index contributed by atoms with van der Waals surface area (Å²) in [6, 6.07) is 10.8. The minimum absolute atomic E-state index is 0.646. The molecule has 2 heteroatoms. The molecule has 2 nitrogen and oxygen atoms in total. The Balaban J connectivity index is 2.23. The van der Waals surface area contributed by atoms with Gasteiger partial charge in [0, 0.05) is 0 Å². The summed E-state index contributed by atoms with van der Waals surface area (Å²) >= 11 is 0. The Bertz CT molecular complexity index is 265. The number of aliphatic hydroxyl groups is 1. The van der Waals surface area contributed by atoms with Gasteiger partial charge in [0.2, 0.25) is 0 Å². The van der Waals surface area contributed by atoms with Crippen molar-refractivity contribution in [3.8, 4) is 0 Å². The number of hydrogen-bond acceptors (Lipinski definition) is 2. The van der Waals surface area contributed by atoms with E-state index in [1.165, 1.54) is 0 Å². The monoisotopic (exact) mass is 176 g/mol. The van der Waals surface area contributed by atoms with Gasteiger partial charge in [-0.3, -0.25) is 0 Å². The minimum atomic E-state index is -0.646. The van der Waals surface area contributed by atoms with Gasteiger partial charge in [0.05, 0.1) is 5.60 Å². The Labute approximate surface area is 78.6 Å². The third-order valence-electron chi connectivity index (χ3n) is 2.64. The van der Waals surface area contributed by atoms with Crippen molar-refractivity contribution in [3.05, 3.63) is 35.9 Å². The number of rotatable bonds is 1. The molecule has 69 valence electrons. The second kappa shape index (κ2) is 3.48. The van der Waals surface area contributed by atoms with Crippen LogP contribution in [0.25, 0.3) is 0 Å². The van der Waals surface area contributed by atoms with Crippen LogP contribution >= 0.6 is 0 Å². The second-order valence-corrected chi connectivity index (χ2v) is 3.56. The number of benzene rings is 1. The van der Waals surface area contributed by atoms with Crippen LogP contribution in [0.15, 0.2) is 24.3 Å². The van der Waals surface area contributed by atoms with E-state index in [1.807, 2.05) is 24.3 Å². The molecule has 0 aromatic heterocycles. The van der Waals surface area contributed by atoms with Gasteiger partial charge in [-0.2, -0.15) is 0 Å². The second-order valence-electron chi connectivity index (χ2n) is 3.56. The fraction of sp³-hybridized carbons (Fsp3) is 0.455. The first-order valence-corrected chi connectivity index (χ1v) is 4.72. The van der Waals surface area contributed by atoms with E-state index in [9.17, 15) is 5.11 Å². The molecule has 0 spiro atoms. The maximum Gasteiger partial charge on any atom is 0.0926 e. The van der Waals surface area contributed by atoms with Crippen molar-refractivity contribution in [1.29, 1.82) is 0 Å². The van der Waals surface area contributed by atoms with Crippen LogP contribution in [0.5, 0.6) is 0 Å². The molecule has 1 aliphatic rings. The van der Waals surface area contributed by atoms with E-state index in [1.54, 1.807) is 0 Å². The van der Waals surface area contributed by atoms with Crippen molar-refractivity contribution in [1.82, 2.24) is 5.32 Å². The zero-order valence-electron chi connectivity index (χ0n) is 7.59. The van der Waals surface area contributed by atoms with Crippen molar-refractivity contribution in [3.63, 3.8) is 0 Å². The van der Waals surface area contributed by atoms with E-state index < -0.39 is 5.60 Å². The molecule has 1 radical (unpaired) electrons. The SMILES string of the molecule is OC1(c2[c]cccc2)CCNCC1. The van der Waals surface area contributed by atoms with E-state index in [0.717, 1.165) is 31.5 Å². The molecule has 1 aromatic carbocycles. The predicted octanol–water partition coefficient (Wildman–Crippen LogP) is 1.06. The molecule has 2 N–H and O–H groups in total. The first-order valence-electron chi connectivity index (χ1n) is 4.72. The van der Waals surface area contributed by atoms with Crippen LogP contribution in [-0.4, -0.2) is 18.2 Å². The summed E-state index contributed by atoms with van der Waals surface area (Å²) in [7, 11) is 0. The Morgan fingerprint density at radius 2 is 2.08 bits per heavy atom. The fourth-order valence-corrected chi connectivity index (χ4v) is 1.79. The molecular weight excluding hydrogens is 162 g/mol. The van der Waals surface area contributed by atoms with Crippen molar-refractivity contribution in [2.75, 3.05) is 13.1 Å². The Morgan fingerprint density at radius 1 is 1.31 bits per heavy atom. The van der Waals surface area contributed by atoms with Crippen molar-refractivity contribution in [2.24, 2.45) is 0 Å². The highest BCUT2D eigenvalue weighted by atomic mass is 16.3. The van der Waals surface area contributed by atoms with Gasteiger partial charge in [-0.25, -0.2) is 0 Å². The normalized spacial score (nSPS) is 21.3. The molecular formula is C11H14NO. The standard InChI is InChI=1S/C11H14NO/c13-11(6-8-12-9-7-11)10-4-2-1-3-5-10/h1-4,12-13H,6-9H2. The molecule has 1 heterocycles. The molecule has 2 rings (SSSR count). The molecule has 1 aromatic rings. The van der Waals surface area contributed by atoms with Gasteiger partial charge in [-0.1, -0.05) is 24.3 Å². The summed E-state index contributed by atoms with van der Waals surface area (Å²) in [4.78, 5) is 0. The van der Waals surface area contributed by atoms with Crippen LogP contribution in [-0.2, 0) is 5.60 Å². The Hall–Kier alpha value is -0.860. The smallest absolute Gasteiger partial charge is 0.0926 e. The third-order valence-corrected chi connectivity index (χ3v) is 2.64. The molecule has 13 heavy (non-hydrogen) atoms. The first-order chi connectivity index (χ1) is 6.31. The van der Waals surface area contributed by atoms with Gasteiger partial charge in [-0.15, -0.1) is 0 Å². The highest BCUT2D eigenvalue weighted by Gasteiger charge is 2.30. The van der Waals surface area contributed by atoms with Gasteiger partial charge in [0.25, 0.3) is 0 Å². The van der Waals surface area contributed by atoms with Crippen molar-refractivity contribution < 1.29 is 5.11 Å². The fourth-order valence-electron chi connectivity index (χ4n) is 1.79. The van der Waals surface area contributed by atoms with Gasteiger partial charge in [0.1, 0.15) is 0 Å². The predicted molar refractivity (Wildman–Crippen MR) is 51.3 cm³/mol. The summed E-state index contributed by atoms with van der Waals surface area (Å²) in [6.45, 7) is 1.78. The third kappa shape index (κ3) is 1.74. The molecule has 1 fully saturated rings. The highest BCUT2D eigenvalue weighted by molar-refractivity contribution is 5.21. The van der Waals surface area contributed by atoms with E-state index in [-0.39, 0.29) is 0 Å². The number of hydrogen-bond donors (Lipinski definition) is 2. The van der Waals surface area contributed by atoms with Gasteiger partial charge in [0.15, 0.2) is 0 Å². The molecule has 1 saturated heterocycles. The summed E-state index contributed by atoms with van der Waals surface area (Å²) in [5.74, 6) is 0. The van der Waals surface area contributed by atoms with Crippen LogP contribution in [0, 0.1) is 6.07 Å². The van der Waals surface area contributed by atoms with Crippen LogP contribution in [0.4, 0.5) is 0 Å².